The third kappa shape index (κ3) is 6.83. The highest BCUT2D eigenvalue weighted by atomic mass is 32.2. The van der Waals surface area contributed by atoms with Crippen LogP contribution in [-0.2, 0) is 17.5 Å². The summed E-state index contributed by atoms with van der Waals surface area (Å²) in [6.07, 6.45) is -4.37. The number of halogens is 4. The van der Waals surface area contributed by atoms with Crippen LogP contribution < -0.4 is 5.32 Å². The van der Waals surface area contributed by atoms with Crippen LogP contribution in [0.2, 0.25) is 0 Å². The molecule has 0 unspecified atom stereocenters. The number of hydrogen-bond acceptors (Lipinski definition) is 3. The number of rotatable bonds is 7. The number of alkyl halides is 3. The van der Waals surface area contributed by atoms with Gasteiger partial charge in [0.25, 0.3) is 0 Å². The topological polar surface area (TPSA) is 32.3 Å². The van der Waals surface area contributed by atoms with Crippen LogP contribution in [0.4, 0.5) is 17.6 Å². The Balaban J connectivity index is 1.54. The zero-order valence-corrected chi connectivity index (χ0v) is 17.4. The molecule has 0 aliphatic carbocycles. The second-order valence-electron chi connectivity index (χ2n) is 6.88. The third-order valence-electron chi connectivity index (χ3n) is 4.40. The molecule has 0 spiro atoms. The van der Waals surface area contributed by atoms with Gasteiger partial charge in [0.1, 0.15) is 5.82 Å². The SMILES string of the molecule is CN(CC(=O)NCc1cccc(-c2ccc(C(F)(F)F)cc2)c1)Sc1ccc(F)cc1. The van der Waals surface area contributed by atoms with E-state index in [0.29, 0.717) is 12.1 Å². The van der Waals surface area contributed by atoms with Gasteiger partial charge in [0.2, 0.25) is 5.91 Å². The average molecular weight is 448 g/mol. The molecule has 0 atom stereocenters. The maximum atomic E-state index is 13.0. The van der Waals surface area contributed by atoms with Gasteiger partial charge in [0, 0.05) is 11.4 Å². The van der Waals surface area contributed by atoms with Crippen molar-refractivity contribution in [3.05, 3.63) is 89.7 Å². The molecular weight excluding hydrogens is 428 g/mol. The summed E-state index contributed by atoms with van der Waals surface area (Å²) >= 11 is 1.33. The van der Waals surface area contributed by atoms with Crippen molar-refractivity contribution in [3.63, 3.8) is 0 Å². The van der Waals surface area contributed by atoms with Crippen LogP contribution in [0.15, 0.2) is 77.7 Å². The molecule has 0 aliphatic heterocycles. The Morgan fingerprint density at radius 1 is 0.968 bits per heavy atom. The molecular formula is C23H20F4N2OS. The lowest BCUT2D eigenvalue weighted by Gasteiger charge is -2.15. The van der Waals surface area contributed by atoms with Crippen LogP contribution >= 0.6 is 11.9 Å². The van der Waals surface area contributed by atoms with Crippen molar-refractivity contribution in [2.24, 2.45) is 0 Å². The first-order valence-electron chi connectivity index (χ1n) is 9.38. The van der Waals surface area contributed by atoms with Crippen LogP contribution in [0, 0.1) is 5.82 Å². The first kappa shape index (κ1) is 22.8. The normalized spacial score (nSPS) is 11.5. The maximum Gasteiger partial charge on any atom is 0.416 e. The first-order chi connectivity index (χ1) is 14.7. The molecule has 0 saturated carbocycles. The molecule has 1 amide bonds. The van der Waals surface area contributed by atoms with Gasteiger partial charge in [-0.3, -0.25) is 4.79 Å². The summed E-state index contributed by atoms with van der Waals surface area (Å²) in [5, 5.41) is 2.83. The number of carbonyl (C=O) groups excluding carboxylic acids is 1. The molecule has 0 radical (unpaired) electrons. The lowest BCUT2D eigenvalue weighted by molar-refractivity contribution is -0.137. The van der Waals surface area contributed by atoms with Crippen LogP contribution in [-0.4, -0.2) is 23.8 Å². The van der Waals surface area contributed by atoms with Gasteiger partial charge < -0.3 is 5.32 Å². The summed E-state index contributed by atoms with van der Waals surface area (Å²) in [7, 11) is 1.76. The second-order valence-corrected chi connectivity index (χ2v) is 8.16. The average Bonchev–Trinajstić information content (AvgIpc) is 2.73. The van der Waals surface area contributed by atoms with Crippen molar-refractivity contribution < 1.29 is 22.4 Å². The number of carbonyl (C=O) groups is 1. The molecule has 0 aliphatic rings. The highest BCUT2D eigenvalue weighted by molar-refractivity contribution is 7.97. The fourth-order valence-electron chi connectivity index (χ4n) is 2.88. The van der Waals surface area contributed by atoms with E-state index in [1.165, 1.54) is 36.2 Å². The number of hydrogen-bond donors (Lipinski definition) is 1. The summed E-state index contributed by atoms with van der Waals surface area (Å²) in [4.78, 5) is 13.0. The molecule has 1 N–H and O–H groups in total. The van der Waals surface area contributed by atoms with E-state index < -0.39 is 11.7 Å². The standard InChI is InChI=1S/C23H20F4N2OS/c1-29(31-21-11-9-20(24)10-12-21)15-22(30)28-14-16-3-2-4-18(13-16)17-5-7-19(8-6-17)23(25,26)27/h2-13H,14-15H2,1H3,(H,28,30). The fraction of sp³-hybridized carbons (Fsp3) is 0.174. The Kier molecular flexibility index (Phi) is 7.35. The molecule has 3 rings (SSSR count). The highest BCUT2D eigenvalue weighted by Crippen LogP contribution is 2.31. The van der Waals surface area contributed by atoms with Gasteiger partial charge >= 0.3 is 6.18 Å². The van der Waals surface area contributed by atoms with Crippen molar-refractivity contribution >= 4 is 17.9 Å². The lowest BCUT2D eigenvalue weighted by atomic mass is 10.0. The van der Waals surface area contributed by atoms with E-state index in [1.807, 2.05) is 12.1 Å². The van der Waals surface area contributed by atoms with E-state index in [0.717, 1.165) is 28.2 Å². The molecule has 0 fully saturated rings. The van der Waals surface area contributed by atoms with E-state index in [2.05, 4.69) is 5.32 Å². The van der Waals surface area contributed by atoms with Gasteiger partial charge in [-0.2, -0.15) is 13.2 Å². The largest absolute Gasteiger partial charge is 0.416 e. The Labute approximate surface area is 182 Å². The van der Waals surface area contributed by atoms with Gasteiger partial charge in [-0.25, -0.2) is 8.70 Å². The van der Waals surface area contributed by atoms with Crippen molar-refractivity contribution in [3.8, 4) is 11.1 Å². The van der Waals surface area contributed by atoms with Crippen LogP contribution in [0.5, 0.6) is 0 Å². The Morgan fingerprint density at radius 2 is 1.65 bits per heavy atom. The lowest BCUT2D eigenvalue weighted by Crippen LogP contribution is -2.31. The molecule has 162 valence electrons. The predicted molar refractivity (Wildman–Crippen MR) is 114 cm³/mol. The van der Waals surface area contributed by atoms with E-state index in [1.54, 1.807) is 35.6 Å². The first-order valence-corrected chi connectivity index (χ1v) is 10.2. The second kappa shape index (κ2) is 9.98. The summed E-state index contributed by atoms with van der Waals surface area (Å²) in [5.74, 6) is -0.500. The summed E-state index contributed by atoms with van der Waals surface area (Å²) in [6.45, 7) is 0.434. The summed E-state index contributed by atoms with van der Waals surface area (Å²) in [6, 6.07) is 18.2. The smallest absolute Gasteiger partial charge is 0.351 e. The van der Waals surface area contributed by atoms with Gasteiger partial charge in [-0.1, -0.05) is 30.3 Å². The minimum atomic E-state index is -4.37. The minimum Gasteiger partial charge on any atom is -0.351 e. The summed E-state index contributed by atoms with van der Waals surface area (Å²) < 4.78 is 52.9. The molecule has 8 heteroatoms. The molecule has 0 bridgehead atoms. The van der Waals surface area contributed by atoms with Crippen molar-refractivity contribution in [1.29, 1.82) is 0 Å². The molecule has 3 aromatic rings. The highest BCUT2D eigenvalue weighted by Gasteiger charge is 2.29. The molecule has 0 saturated heterocycles. The van der Waals surface area contributed by atoms with Crippen LogP contribution in [0.25, 0.3) is 11.1 Å². The maximum absolute atomic E-state index is 13.0. The van der Waals surface area contributed by atoms with Gasteiger partial charge in [0.15, 0.2) is 0 Å². The fourth-order valence-corrected chi connectivity index (χ4v) is 3.68. The predicted octanol–water partition coefficient (Wildman–Crippen LogP) is 5.77. The molecule has 3 nitrogen and oxygen atoms in total. The van der Waals surface area contributed by atoms with Gasteiger partial charge in [-0.15, -0.1) is 0 Å². The minimum absolute atomic E-state index is 0.140. The third-order valence-corrected chi connectivity index (χ3v) is 5.33. The number of nitrogens with zero attached hydrogens (tertiary/aromatic N) is 1. The monoisotopic (exact) mass is 448 g/mol. The van der Waals surface area contributed by atoms with Gasteiger partial charge in [0.05, 0.1) is 12.1 Å². The number of benzene rings is 3. The van der Waals surface area contributed by atoms with E-state index in [4.69, 9.17) is 0 Å². The van der Waals surface area contributed by atoms with E-state index >= 15 is 0 Å². The van der Waals surface area contributed by atoms with Crippen molar-refractivity contribution in [2.45, 2.75) is 17.6 Å². The number of amides is 1. The van der Waals surface area contributed by atoms with Crippen LogP contribution in [0.1, 0.15) is 11.1 Å². The quantitative estimate of drug-likeness (QED) is 0.368. The van der Waals surface area contributed by atoms with E-state index in [9.17, 15) is 22.4 Å². The molecule has 3 aromatic carbocycles. The Bertz CT molecular complexity index is 1020. The van der Waals surface area contributed by atoms with Crippen molar-refractivity contribution in [1.82, 2.24) is 9.62 Å². The molecule has 0 aromatic heterocycles. The summed E-state index contributed by atoms with van der Waals surface area (Å²) in [5.41, 5.74) is 1.57. The Morgan fingerprint density at radius 3 is 2.29 bits per heavy atom. The number of nitrogens with one attached hydrogen (secondary N) is 1. The molecule has 31 heavy (non-hydrogen) atoms. The number of likely N-dealkylation sites (N-methyl/N-ethyl adjacent to an activating group) is 1. The molecule has 0 heterocycles. The zero-order chi connectivity index (χ0) is 22.4. The van der Waals surface area contributed by atoms with Crippen LogP contribution in [0.3, 0.4) is 0 Å². The van der Waals surface area contributed by atoms with Crippen molar-refractivity contribution in [2.75, 3.05) is 13.6 Å². The Hall–Kier alpha value is -2.84. The zero-order valence-electron chi connectivity index (χ0n) is 16.6. The van der Waals surface area contributed by atoms with E-state index in [-0.39, 0.29) is 18.3 Å². The van der Waals surface area contributed by atoms with Gasteiger partial charge in [-0.05, 0) is 78.2 Å².